The van der Waals surface area contributed by atoms with Crippen molar-refractivity contribution in [1.82, 2.24) is 4.98 Å². The maximum atomic E-state index is 12.9. The SMILES string of the molecule is O=C(Cl)c1cc(Cl)nc(Cl)c1F. The van der Waals surface area contributed by atoms with E-state index in [9.17, 15) is 9.18 Å². The maximum absolute atomic E-state index is 12.9. The summed E-state index contributed by atoms with van der Waals surface area (Å²) >= 11 is 15.7. The molecule has 1 aromatic heterocycles. The lowest BCUT2D eigenvalue weighted by molar-refractivity contribution is 0.107. The molecule has 1 rings (SSSR count). The van der Waals surface area contributed by atoms with Gasteiger partial charge in [-0.25, -0.2) is 9.37 Å². The van der Waals surface area contributed by atoms with E-state index < -0.39 is 16.2 Å². The van der Waals surface area contributed by atoms with Crippen LogP contribution in [0.5, 0.6) is 0 Å². The van der Waals surface area contributed by atoms with Gasteiger partial charge < -0.3 is 0 Å². The zero-order valence-electron chi connectivity index (χ0n) is 5.44. The van der Waals surface area contributed by atoms with Gasteiger partial charge in [0, 0.05) is 0 Å². The molecule has 0 aliphatic rings. The topological polar surface area (TPSA) is 30.0 Å². The second kappa shape index (κ2) is 3.56. The predicted molar refractivity (Wildman–Crippen MR) is 44.4 cm³/mol. The molecule has 0 spiro atoms. The molecule has 0 aliphatic carbocycles. The Morgan fingerprint density at radius 2 is 2.08 bits per heavy atom. The van der Waals surface area contributed by atoms with Crippen molar-refractivity contribution in [3.05, 3.63) is 27.8 Å². The molecular weight excluding hydrogens is 227 g/mol. The molecule has 0 atom stereocenters. The smallest absolute Gasteiger partial charge is 0.255 e. The first-order valence-electron chi connectivity index (χ1n) is 2.73. The second-order valence-corrected chi connectivity index (χ2v) is 2.96. The van der Waals surface area contributed by atoms with Crippen molar-refractivity contribution in [3.8, 4) is 0 Å². The number of rotatable bonds is 1. The lowest BCUT2D eigenvalue weighted by atomic mass is 10.3. The van der Waals surface area contributed by atoms with E-state index in [0.717, 1.165) is 6.07 Å². The Labute approximate surface area is 82.3 Å². The van der Waals surface area contributed by atoms with Crippen LogP contribution in [0.1, 0.15) is 10.4 Å². The Bertz CT molecular complexity index is 342. The molecule has 0 saturated carbocycles. The van der Waals surface area contributed by atoms with Crippen molar-refractivity contribution in [2.45, 2.75) is 0 Å². The van der Waals surface area contributed by atoms with E-state index in [1.807, 2.05) is 0 Å². The van der Waals surface area contributed by atoms with E-state index >= 15 is 0 Å². The summed E-state index contributed by atoms with van der Waals surface area (Å²) in [5.41, 5.74) is -0.373. The van der Waals surface area contributed by atoms with Crippen molar-refractivity contribution in [1.29, 1.82) is 0 Å². The van der Waals surface area contributed by atoms with Gasteiger partial charge in [-0.05, 0) is 17.7 Å². The summed E-state index contributed by atoms with van der Waals surface area (Å²) in [6, 6.07) is 1.01. The van der Waals surface area contributed by atoms with Crippen molar-refractivity contribution in [2.75, 3.05) is 0 Å². The predicted octanol–water partition coefficient (Wildman–Crippen LogP) is 2.91. The van der Waals surface area contributed by atoms with Crippen LogP contribution in [0.2, 0.25) is 10.3 Å². The van der Waals surface area contributed by atoms with Gasteiger partial charge in [0.05, 0.1) is 5.56 Å². The number of hydrogen-bond donors (Lipinski definition) is 0. The van der Waals surface area contributed by atoms with Crippen molar-refractivity contribution < 1.29 is 9.18 Å². The summed E-state index contributed by atoms with van der Waals surface area (Å²) < 4.78 is 12.9. The number of pyridine rings is 1. The van der Waals surface area contributed by atoms with Gasteiger partial charge in [0.1, 0.15) is 5.15 Å². The summed E-state index contributed by atoms with van der Waals surface area (Å²) in [4.78, 5) is 13.9. The molecule has 64 valence electrons. The fourth-order valence-corrected chi connectivity index (χ4v) is 1.18. The van der Waals surface area contributed by atoms with Crippen LogP contribution in [-0.4, -0.2) is 10.2 Å². The molecule has 1 heterocycles. The molecule has 12 heavy (non-hydrogen) atoms. The van der Waals surface area contributed by atoms with Gasteiger partial charge in [0.25, 0.3) is 5.24 Å². The molecule has 0 aromatic carbocycles. The molecular formula is C6HCl3FNO. The molecule has 0 saturated heterocycles. The van der Waals surface area contributed by atoms with E-state index in [0.29, 0.717) is 0 Å². The second-order valence-electron chi connectivity index (χ2n) is 1.87. The highest BCUT2D eigenvalue weighted by molar-refractivity contribution is 6.68. The maximum Gasteiger partial charge on any atom is 0.255 e. The van der Waals surface area contributed by atoms with Crippen molar-refractivity contribution >= 4 is 40.0 Å². The first-order valence-corrected chi connectivity index (χ1v) is 3.87. The summed E-state index contributed by atoms with van der Waals surface area (Å²) in [5, 5.41) is -1.50. The minimum Gasteiger partial charge on any atom is -0.275 e. The molecule has 2 nitrogen and oxygen atoms in total. The Morgan fingerprint density at radius 3 is 2.58 bits per heavy atom. The first-order chi connectivity index (χ1) is 5.52. The van der Waals surface area contributed by atoms with E-state index in [4.69, 9.17) is 34.8 Å². The molecule has 6 heteroatoms. The van der Waals surface area contributed by atoms with Crippen LogP contribution in [0.25, 0.3) is 0 Å². The number of hydrogen-bond acceptors (Lipinski definition) is 2. The zero-order valence-corrected chi connectivity index (χ0v) is 7.71. The molecule has 0 N–H and O–H groups in total. The van der Waals surface area contributed by atoms with Crippen LogP contribution < -0.4 is 0 Å². The molecule has 0 aliphatic heterocycles. The minimum absolute atomic E-state index is 0.0783. The molecule has 0 radical (unpaired) electrons. The molecule has 0 amide bonds. The summed E-state index contributed by atoms with van der Waals surface area (Å²) in [6.45, 7) is 0. The summed E-state index contributed by atoms with van der Waals surface area (Å²) in [6.07, 6.45) is 0. The number of nitrogens with zero attached hydrogens (tertiary/aromatic N) is 1. The number of carbonyl (C=O) groups excluding carboxylic acids is 1. The summed E-state index contributed by atoms with van der Waals surface area (Å²) in [5.74, 6) is -0.957. The van der Waals surface area contributed by atoms with Crippen LogP contribution in [0.4, 0.5) is 4.39 Å². The fraction of sp³-hybridized carbons (Fsp3) is 0. The molecule has 0 unspecified atom stereocenters. The summed E-state index contributed by atoms with van der Waals surface area (Å²) in [7, 11) is 0. The molecule has 0 fully saturated rings. The van der Waals surface area contributed by atoms with Crippen molar-refractivity contribution in [3.63, 3.8) is 0 Å². The minimum atomic E-state index is -0.960. The van der Waals surface area contributed by atoms with Gasteiger partial charge in [-0.1, -0.05) is 23.2 Å². The third kappa shape index (κ3) is 1.86. The normalized spacial score (nSPS) is 10.0. The highest BCUT2D eigenvalue weighted by Gasteiger charge is 2.14. The highest BCUT2D eigenvalue weighted by Crippen LogP contribution is 2.21. The third-order valence-corrected chi connectivity index (χ3v) is 1.75. The largest absolute Gasteiger partial charge is 0.275 e. The average molecular weight is 228 g/mol. The van der Waals surface area contributed by atoms with Gasteiger partial charge in [-0.3, -0.25) is 4.79 Å². The Kier molecular flexibility index (Phi) is 2.88. The van der Waals surface area contributed by atoms with E-state index in [1.54, 1.807) is 0 Å². The number of halogens is 4. The van der Waals surface area contributed by atoms with E-state index in [2.05, 4.69) is 4.98 Å². The van der Waals surface area contributed by atoms with Gasteiger partial charge in [-0.2, -0.15) is 0 Å². The van der Waals surface area contributed by atoms with Gasteiger partial charge in [0.2, 0.25) is 0 Å². The van der Waals surface area contributed by atoms with Crippen LogP contribution in [-0.2, 0) is 0 Å². The number of carbonyl (C=O) groups is 1. The van der Waals surface area contributed by atoms with Gasteiger partial charge >= 0.3 is 0 Å². The standard InChI is InChI=1S/C6HCl3FNO/c7-3-1-2(6(9)12)4(10)5(8)11-3/h1H. The third-order valence-electron chi connectivity index (χ3n) is 1.10. The quantitative estimate of drug-likeness (QED) is 0.546. The van der Waals surface area contributed by atoms with Crippen LogP contribution in [0.15, 0.2) is 6.07 Å². The van der Waals surface area contributed by atoms with E-state index in [-0.39, 0.29) is 10.7 Å². The Balaban J connectivity index is 3.37. The van der Waals surface area contributed by atoms with Crippen LogP contribution in [0, 0.1) is 5.82 Å². The average Bonchev–Trinajstić information content (AvgIpc) is 1.96. The molecule has 0 bridgehead atoms. The van der Waals surface area contributed by atoms with Gasteiger partial charge in [-0.15, -0.1) is 0 Å². The zero-order chi connectivity index (χ0) is 9.30. The fourth-order valence-electron chi connectivity index (χ4n) is 0.612. The Hall–Kier alpha value is -0.380. The lowest BCUT2D eigenvalue weighted by Crippen LogP contribution is -1.97. The Morgan fingerprint density at radius 1 is 1.50 bits per heavy atom. The number of aromatic nitrogens is 1. The highest BCUT2D eigenvalue weighted by atomic mass is 35.5. The monoisotopic (exact) mass is 227 g/mol. The molecule has 1 aromatic rings. The van der Waals surface area contributed by atoms with Gasteiger partial charge in [0.15, 0.2) is 11.0 Å². The van der Waals surface area contributed by atoms with Crippen LogP contribution >= 0.6 is 34.8 Å². The lowest BCUT2D eigenvalue weighted by Gasteiger charge is -1.98. The van der Waals surface area contributed by atoms with Crippen LogP contribution in [0.3, 0.4) is 0 Å². The first kappa shape index (κ1) is 9.71. The van der Waals surface area contributed by atoms with E-state index in [1.165, 1.54) is 0 Å². The van der Waals surface area contributed by atoms with Crippen molar-refractivity contribution in [2.24, 2.45) is 0 Å².